The van der Waals surface area contributed by atoms with E-state index in [1.54, 1.807) is 0 Å². The Morgan fingerprint density at radius 1 is 1.27 bits per heavy atom. The van der Waals surface area contributed by atoms with Crippen LogP contribution in [0.15, 0.2) is 42.6 Å². The average molecular weight is 374 g/mol. The van der Waals surface area contributed by atoms with Gasteiger partial charge in [0.15, 0.2) is 0 Å². The summed E-state index contributed by atoms with van der Waals surface area (Å²) in [5, 5.41) is 0. The van der Waals surface area contributed by atoms with Gasteiger partial charge in [0, 0.05) is 27.2 Å². The van der Waals surface area contributed by atoms with Crippen molar-refractivity contribution >= 4 is 0 Å². The van der Waals surface area contributed by atoms with Crippen LogP contribution in [0.2, 0.25) is 0 Å². The summed E-state index contributed by atoms with van der Waals surface area (Å²) in [6, 6.07) is 15.3. The molecule has 0 saturated carbocycles. The summed E-state index contributed by atoms with van der Waals surface area (Å²) < 4.78 is 1.86. The van der Waals surface area contributed by atoms with Gasteiger partial charge < -0.3 is 4.57 Å². The molecule has 0 spiro atoms. The minimum absolute atomic E-state index is 0. The molecule has 0 fully saturated rings. The largest absolute Gasteiger partial charge is 0.321 e. The second-order valence-corrected chi connectivity index (χ2v) is 3.34. The van der Waals surface area contributed by atoms with Gasteiger partial charge in [0.2, 0.25) is 0 Å². The second kappa shape index (κ2) is 5.11. The van der Waals surface area contributed by atoms with E-state index in [9.17, 15) is 0 Å². The fourth-order valence-electron chi connectivity index (χ4n) is 1.42. The molecule has 2 rings (SSSR count). The Kier molecular flexibility index (Phi) is 4.07. The molecule has 1 nitrogen and oxygen atoms in total. The van der Waals surface area contributed by atoms with Crippen molar-refractivity contribution in [2.75, 3.05) is 0 Å². The molecule has 15 heavy (non-hydrogen) atoms. The zero-order chi connectivity index (χ0) is 9.97. The van der Waals surface area contributed by atoms with Crippen molar-refractivity contribution in [3.63, 3.8) is 0 Å². The fourth-order valence-corrected chi connectivity index (χ4v) is 1.42. The Hall–Kier alpha value is -1.11. The zero-order valence-corrected chi connectivity index (χ0v) is 10.9. The third-order valence-electron chi connectivity index (χ3n) is 2.18. The molecular formula is C13H12IrN-. The van der Waals surface area contributed by atoms with E-state index in [1.807, 2.05) is 41.1 Å². The maximum Gasteiger partial charge on any atom is 0.115 e. The van der Waals surface area contributed by atoms with E-state index in [0.29, 0.717) is 0 Å². The molecule has 2 heteroatoms. The van der Waals surface area contributed by atoms with E-state index < -0.39 is 0 Å². The van der Waals surface area contributed by atoms with Crippen molar-refractivity contribution in [2.24, 2.45) is 0 Å². The standard InChI is InChI=1S/C13H12N.Ir/c1-11-8-9-14(2)13(10-11)12-6-4-3-5-7-12;/h3-6,8-10H,2H2,1H3;/q-1;. The van der Waals surface area contributed by atoms with Crippen molar-refractivity contribution < 1.29 is 24.7 Å². The molecule has 0 amide bonds. The van der Waals surface area contributed by atoms with E-state index in [1.165, 1.54) is 5.56 Å². The predicted molar refractivity (Wildman–Crippen MR) is 56.4 cm³/mol. The third kappa shape index (κ3) is 2.68. The monoisotopic (exact) mass is 375 g/mol. The van der Waals surface area contributed by atoms with Crippen LogP contribution < -0.4 is 4.57 Å². The number of nitrogens with zero attached hydrogens (tertiary/aromatic N) is 1. The van der Waals surface area contributed by atoms with Crippen LogP contribution in [0.3, 0.4) is 0 Å². The quantitative estimate of drug-likeness (QED) is 0.533. The molecule has 0 N–H and O–H groups in total. The number of aryl methyl sites for hydroxylation is 1. The summed E-state index contributed by atoms with van der Waals surface area (Å²) in [6.07, 6.45) is 1.96. The Balaban J connectivity index is 0.00000112. The van der Waals surface area contributed by atoms with Crippen molar-refractivity contribution in [1.82, 2.24) is 0 Å². The summed E-state index contributed by atoms with van der Waals surface area (Å²) in [5.41, 5.74) is 3.40. The normalized spacial score (nSPS) is 9.40. The van der Waals surface area contributed by atoms with Gasteiger partial charge in [-0.25, -0.2) is 0 Å². The Labute approximate surface area is 104 Å². The smallest absolute Gasteiger partial charge is 0.115 e. The van der Waals surface area contributed by atoms with Crippen LogP contribution >= 0.6 is 0 Å². The number of hydrogen-bond donors (Lipinski definition) is 0. The molecule has 2 aromatic rings. The van der Waals surface area contributed by atoms with Gasteiger partial charge in [-0.3, -0.25) is 0 Å². The maximum atomic E-state index is 3.93. The van der Waals surface area contributed by atoms with E-state index >= 15 is 0 Å². The van der Waals surface area contributed by atoms with Crippen LogP contribution in [0.25, 0.3) is 11.3 Å². The van der Waals surface area contributed by atoms with Crippen LogP contribution in [0.1, 0.15) is 5.56 Å². The second-order valence-electron chi connectivity index (χ2n) is 3.34. The summed E-state index contributed by atoms with van der Waals surface area (Å²) >= 11 is 0. The number of benzene rings is 1. The Morgan fingerprint density at radius 3 is 2.73 bits per heavy atom. The molecule has 0 unspecified atom stereocenters. The predicted octanol–water partition coefficient (Wildman–Crippen LogP) is 2.39. The van der Waals surface area contributed by atoms with Crippen LogP contribution in [0, 0.1) is 20.0 Å². The van der Waals surface area contributed by atoms with E-state index in [-0.39, 0.29) is 20.1 Å². The van der Waals surface area contributed by atoms with Gasteiger partial charge in [-0.05, 0) is 13.0 Å². The van der Waals surface area contributed by atoms with Crippen LogP contribution in [-0.2, 0) is 20.1 Å². The molecule has 79 valence electrons. The van der Waals surface area contributed by atoms with E-state index in [2.05, 4.69) is 26.1 Å². The molecule has 0 aliphatic heterocycles. The molecule has 0 aliphatic carbocycles. The van der Waals surface area contributed by atoms with Crippen LogP contribution in [0.5, 0.6) is 0 Å². The molecule has 1 radical (unpaired) electrons. The summed E-state index contributed by atoms with van der Waals surface area (Å²) in [6.45, 7) is 2.08. The first-order chi connectivity index (χ1) is 6.77. The maximum absolute atomic E-state index is 3.93. The first-order valence-corrected chi connectivity index (χ1v) is 4.57. The van der Waals surface area contributed by atoms with Gasteiger partial charge in [-0.15, -0.1) is 30.3 Å². The van der Waals surface area contributed by atoms with Gasteiger partial charge in [0.05, 0.1) is 6.20 Å². The summed E-state index contributed by atoms with van der Waals surface area (Å²) in [5.74, 6) is 0. The third-order valence-corrected chi connectivity index (χ3v) is 2.18. The molecule has 1 heterocycles. The first-order valence-electron chi connectivity index (χ1n) is 4.57. The Bertz CT molecular complexity index is 438. The molecule has 0 bridgehead atoms. The SMILES string of the molecule is [CH2-][n+]1ccc(C)cc1-c1[c-]cccc1.[Ir]. The van der Waals surface area contributed by atoms with Crippen molar-refractivity contribution in [3.05, 3.63) is 61.3 Å². The van der Waals surface area contributed by atoms with Gasteiger partial charge in [-0.2, -0.15) is 0 Å². The molecule has 0 aliphatic rings. The Morgan fingerprint density at radius 2 is 2.07 bits per heavy atom. The van der Waals surface area contributed by atoms with Crippen molar-refractivity contribution in [2.45, 2.75) is 6.92 Å². The van der Waals surface area contributed by atoms with E-state index in [0.717, 1.165) is 11.3 Å². The van der Waals surface area contributed by atoms with Crippen molar-refractivity contribution in [1.29, 1.82) is 0 Å². The summed E-state index contributed by atoms with van der Waals surface area (Å²) in [7, 11) is 3.93. The topological polar surface area (TPSA) is 3.88 Å². The molecular weight excluding hydrogens is 362 g/mol. The van der Waals surface area contributed by atoms with Gasteiger partial charge in [0.25, 0.3) is 0 Å². The average Bonchev–Trinajstić information content (AvgIpc) is 2.23. The van der Waals surface area contributed by atoms with Crippen LogP contribution in [-0.4, -0.2) is 0 Å². The fraction of sp³-hybridized carbons (Fsp3) is 0.0769. The molecule has 1 aromatic heterocycles. The molecule has 0 saturated heterocycles. The number of pyridine rings is 1. The summed E-state index contributed by atoms with van der Waals surface area (Å²) in [4.78, 5) is 0. The number of rotatable bonds is 1. The zero-order valence-electron chi connectivity index (χ0n) is 8.53. The van der Waals surface area contributed by atoms with Gasteiger partial charge in [0.1, 0.15) is 5.69 Å². The first kappa shape index (κ1) is 12.0. The molecule has 0 atom stereocenters. The van der Waals surface area contributed by atoms with E-state index in [4.69, 9.17) is 0 Å². The minimum atomic E-state index is 0. The number of hydrogen-bond acceptors (Lipinski definition) is 0. The van der Waals surface area contributed by atoms with Crippen molar-refractivity contribution in [3.8, 4) is 11.3 Å². The van der Waals surface area contributed by atoms with Gasteiger partial charge in [-0.1, -0.05) is 17.2 Å². The van der Waals surface area contributed by atoms with Gasteiger partial charge >= 0.3 is 0 Å². The number of aromatic nitrogens is 1. The van der Waals surface area contributed by atoms with Crippen LogP contribution in [0.4, 0.5) is 0 Å². The minimum Gasteiger partial charge on any atom is -0.321 e. The molecule has 1 aromatic carbocycles.